The van der Waals surface area contributed by atoms with E-state index in [0.717, 1.165) is 19.6 Å². The molecule has 1 N–H and O–H groups in total. The van der Waals surface area contributed by atoms with Crippen LogP contribution in [0.2, 0.25) is 0 Å². The standard InChI is InChI=1S/C14H18BrN3/c15-14-6-2-1-5-13(14)11-16-7-3-4-9-18-10-8-17-12-18/h1-2,5-6,8,10,12,16H,3-4,7,9,11H2. The van der Waals surface area contributed by atoms with Gasteiger partial charge in [-0.2, -0.15) is 0 Å². The topological polar surface area (TPSA) is 29.9 Å². The van der Waals surface area contributed by atoms with E-state index in [1.807, 2.05) is 24.8 Å². The maximum Gasteiger partial charge on any atom is 0.0945 e. The van der Waals surface area contributed by atoms with E-state index in [1.165, 1.54) is 22.9 Å². The van der Waals surface area contributed by atoms with Gasteiger partial charge in [0.2, 0.25) is 0 Å². The van der Waals surface area contributed by atoms with E-state index < -0.39 is 0 Å². The Morgan fingerprint density at radius 3 is 2.89 bits per heavy atom. The summed E-state index contributed by atoms with van der Waals surface area (Å²) in [6.07, 6.45) is 8.07. The molecule has 18 heavy (non-hydrogen) atoms. The Balaban J connectivity index is 1.58. The highest BCUT2D eigenvalue weighted by atomic mass is 79.9. The fourth-order valence-corrected chi connectivity index (χ4v) is 2.25. The molecule has 2 aromatic rings. The summed E-state index contributed by atoms with van der Waals surface area (Å²) in [6.45, 7) is 3.03. The minimum Gasteiger partial charge on any atom is -0.337 e. The van der Waals surface area contributed by atoms with Crippen LogP contribution in [-0.2, 0) is 13.1 Å². The van der Waals surface area contributed by atoms with Crippen LogP contribution in [0, 0.1) is 0 Å². The Labute approximate surface area is 116 Å². The van der Waals surface area contributed by atoms with Crippen LogP contribution in [0.25, 0.3) is 0 Å². The molecule has 1 aromatic carbocycles. The fraction of sp³-hybridized carbons (Fsp3) is 0.357. The van der Waals surface area contributed by atoms with Crippen LogP contribution in [0.5, 0.6) is 0 Å². The number of rotatable bonds is 7. The molecule has 0 unspecified atom stereocenters. The molecular formula is C14H18BrN3. The number of aryl methyl sites for hydroxylation is 1. The van der Waals surface area contributed by atoms with Crippen molar-refractivity contribution in [2.75, 3.05) is 6.54 Å². The van der Waals surface area contributed by atoms with Gasteiger partial charge in [0.15, 0.2) is 0 Å². The quantitative estimate of drug-likeness (QED) is 0.796. The van der Waals surface area contributed by atoms with E-state index in [2.05, 4.69) is 49.0 Å². The zero-order valence-electron chi connectivity index (χ0n) is 10.3. The molecule has 1 aromatic heterocycles. The van der Waals surface area contributed by atoms with Crippen LogP contribution < -0.4 is 5.32 Å². The summed E-state index contributed by atoms with van der Waals surface area (Å²) in [6, 6.07) is 8.33. The highest BCUT2D eigenvalue weighted by Crippen LogP contribution is 2.15. The molecule has 0 saturated carbocycles. The number of aromatic nitrogens is 2. The van der Waals surface area contributed by atoms with Crippen LogP contribution >= 0.6 is 15.9 Å². The first-order chi connectivity index (χ1) is 8.86. The van der Waals surface area contributed by atoms with Gasteiger partial charge in [0, 0.05) is 30.0 Å². The third-order valence-corrected chi connectivity index (χ3v) is 3.63. The molecule has 0 saturated heterocycles. The predicted molar refractivity (Wildman–Crippen MR) is 77.3 cm³/mol. The van der Waals surface area contributed by atoms with E-state index in [9.17, 15) is 0 Å². The van der Waals surface area contributed by atoms with Gasteiger partial charge in [-0.3, -0.25) is 0 Å². The first-order valence-corrected chi connectivity index (χ1v) is 7.05. The van der Waals surface area contributed by atoms with Crippen molar-refractivity contribution < 1.29 is 0 Å². The molecule has 0 aliphatic heterocycles. The molecule has 3 nitrogen and oxygen atoms in total. The third kappa shape index (κ3) is 4.27. The summed E-state index contributed by atoms with van der Waals surface area (Å²) >= 11 is 3.55. The monoisotopic (exact) mass is 307 g/mol. The number of nitrogens with zero attached hydrogens (tertiary/aromatic N) is 2. The summed E-state index contributed by atoms with van der Waals surface area (Å²) in [5, 5.41) is 3.47. The summed E-state index contributed by atoms with van der Waals surface area (Å²) in [5.74, 6) is 0. The molecule has 1 heterocycles. The van der Waals surface area contributed by atoms with E-state index in [4.69, 9.17) is 0 Å². The van der Waals surface area contributed by atoms with E-state index in [-0.39, 0.29) is 0 Å². The average Bonchev–Trinajstić information content (AvgIpc) is 2.89. The summed E-state index contributed by atoms with van der Waals surface area (Å²) in [4.78, 5) is 4.03. The highest BCUT2D eigenvalue weighted by Gasteiger charge is 1.97. The molecule has 0 bridgehead atoms. The highest BCUT2D eigenvalue weighted by molar-refractivity contribution is 9.10. The van der Waals surface area contributed by atoms with Crippen molar-refractivity contribution in [3.8, 4) is 0 Å². The first kappa shape index (κ1) is 13.3. The second-order valence-corrected chi connectivity index (χ2v) is 5.13. The third-order valence-electron chi connectivity index (χ3n) is 2.85. The second kappa shape index (κ2) is 7.34. The van der Waals surface area contributed by atoms with E-state index >= 15 is 0 Å². The van der Waals surface area contributed by atoms with Crippen molar-refractivity contribution in [3.63, 3.8) is 0 Å². The molecule has 2 rings (SSSR count). The van der Waals surface area contributed by atoms with Crippen molar-refractivity contribution in [2.24, 2.45) is 0 Å². The van der Waals surface area contributed by atoms with Gasteiger partial charge >= 0.3 is 0 Å². The van der Waals surface area contributed by atoms with Gasteiger partial charge in [0.05, 0.1) is 6.33 Å². The number of nitrogens with one attached hydrogen (secondary N) is 1. The lowest BCUT2D eigenvalue weighted by Crippen LogP contribution is -2.15. The minimum absolute atomic E-state index is 0.923. The Morgan fingerprint density at radius 1 is 1.22 bits per heavy atom. The fourth-order valence-electron chi connectivity index (χ4n) is 1.83. The van der Waals surface area contributed by atoms with Gasteiger partial charge in [-0.05, 0) is 31.0 Å². The molecule has 0 spiro atoms. The maximum atomic E-state index is 4.03. The van der Waals surface area contributed by atoms with Gasteiger partial charge < -0.3 is 9.88 Å². The number of hydrogen-bond donors (Lipinski definition) is 1. The van der Waals surface area contributed by atoms with Crippen molar-refractivity contribution in [3.05, 3.63) is 53.0 Å². The predicted octanol–water partition coefficient (Wildman–Crippen LogP) is 3.22. The Bertz CT molecular complexity index is 454. The van der Waals surface area contributed by atoms with Crippen LogP contribution in [-0.4, -0.2) is 16.1 Å². The largest absolute Gasteiger partial charge is 0.337 e. The Hall–Kier alpha value is -1.13. The van der Waals surface area contributed by atoms with E-state index in [1.54, 1.807) is 0 Å². The molecule has 0 amide bonds. The van der Waals surface area contributed by atoms with Crippen LogP contribution in [0.15, 0.2) is 47.5 Å². The average molecular weight is 308 g/mol. The molecule has 96 valence electrons. The number of benzene rings is 1. The molecule has 0 atom stereocenters. The summed E-state index contributed by atoms with van der Waals surface area (Å²) < 4.78 is 3.30. The molecule has 0 radical (unpaired) electrons. The van der Waals surface area contributed by atoms with Crippen LogP contribution in [0.3, 0.4) is 0 Å². The second-order valence-electron chi connectivity index (χ2n) is 4.28. The minimum atomic E-state index is 0.923. The molecular weight excluding hydrogens is 290 g/mol. The summed E-state index contributed by atoms with van der Waals surface area (Å²) in [7, 11) is 0. The molecule has 0 fully saturated rings. The Kier molecular flexibility index (Phi) is 5.42. The molecule has 4 heteroatoms. The normalized spacial score (nSPS) is 10.7. The van der Waals surface area contributed by atoms with E-state index in [0.29, 0.717) is 0 Å². The number of unbranched alkanes of at least 4 members (excludes halogenated alkanes) is 1. The summed E-state index contributed by atoms with van der Waals surface area (Å²) in [5.41, 5.74) is 1.31. The van der Waals surface area contributed by atoms with Gasteiger partial charge in [0.1, 0.15) is 0 Å². The number of halogens is 1. The van der Waals surface area contributed by atoms with Gasteiger partial charge in [-0.15, -0.1) is 0 Å². The van der Waals surface area contributed by atoms with Crippen LogP contribution in [0.1, 0.15) is 18.4 Å². The lowest BCUT2D eigenvalue weighted by molar-refractivity contribution is 0.568. The van der Waals surface area contributed by atoms with Crippen molar-refractivity contribution >= 4 is 15.9 Å². The van der Waals surface area contributed by atoms with Gasteiger partial charge in [-0.1, -0.05) is 34.1 Å². The molecule has 0 aliphatic carbocycles. The van der Waals surface area contributed by atoms with Crippen molar-refractivity contribution in [2.45, 2.75) is 25.9 Å². The van der Waals surface area contributed by atoms with Crippen molar-refractivity contribution in [1.82, 2.24) is 14.9 Å². The van der Waals surface area contributed by atoms with Crippen LogP contribution in [0.4, 0.5) is 0 Å². The lowest BCUT2D eigenvalue weighted by atomic mass is 10.2. The lowest BCUT2D eigenvalue weighted by Gasteiger charge is -2.07. The number of imidazole rings is 1. The molecule has 0 aliphatic rings. The smallest absolute Gasteiger partial charge is 0.0945 e. The van der Waals surface area contributed by atoms with Crippen molar-refractivity contribution in [1.29, 1.82) is 0 Å². The SMILES string of the molecule is Brc1ccccc1CNCCCCn1ccnc1. The number of hydrogen-bond acceptors (Lipinski definition) is 2. The zero-order valence-corrected chi connectivity index (χ0v) is 11.9. The maximum absolute atomic E-state index is 4.03. The van der Waals surface area contributed by atoms with Gasteiger partial charge in [-0.25, -0.2) is 4.98 Å². The Morgan fingerprint density at radius 2 is 2.11 bits per heavy atom. The zero-order chi connectivity index (χ0) is 12.6. The van der Waals surface area contributed by atoms with Gasteiger partial charge in [0.25, 0.3) is 0 Å². The first-order valence-electron chi connectivity index (χ1n) is 6.26.